The molecule has 0 saturated carbocycles. The molecule has 114 valence electrons. The Morgan fingerprint density at radius 3 is 2.55 bits per heavy atom. The number of hydrogen-bond acceptors (Lipinski definition) is 4. The van der Waals surface area contributed by atoms with E-state index in [9.17, 15) is 14.9 Å². The number of halogens is 1. The molecule has 0 aromatic heterocycles. The number of nitrogens with one attached hydrogen (secondary N) is 1. The predicted molar refractivity (Wildman–Crippen MR) is 82.3 cm³/mol. The maximum absolute atomic E-state index is 12.1. The van der Waals surface area contributed by atoms with Crippen LogP contribution in [0, 0.1) is 10.1 Å². The molecule has 6 nitrogen and oxygen atoms in total. The van der Waals surface area contributed by atoms with Crippen molar-refractivity contribution in [2.45, 2.75) is 6.54 Å². The van der Waals surface area contributed by atoms with Crippen molar-refractivity contribution in [2.24, 2.45) is 0 Å². The number of hydrogen-bond donors (Lipinski definition) is 1. The molecule has 2 aromatic carbocycles. The summed E-state index contributed by atoms with van der Waals surface area (Å²) in [5.41, 5.74) is 0.652. The maximum atomic E-state index is 12.1. The maximum Gasteiger partial charge on any atom is 0.288 e. The van der Waals surface area contributed by atoms with Crippen LogP contribution in [-0.2, 0) is 6.54 Å². The lowest BCUT2D eigenvalue weighted by atomic mass is 10.1. The molecule has 2 aromatic rings. The van der Waals surface area contributed by atoms with E-state index in [1.165, 1.54) is 18.2 Å². The van der Waals surface area contributed by atoms with Gasteiger partial charge in [-0.1, -0.05) is 29.8 Å². The fourth-order valence-corrected chi connectivity index (χ4v) is 2.14. The van der Waals surface area contributed by atoms with Gasteiger partial charge >= 0.3 is 0 Å². The SMILES string of the molecule is COc1ccc(CNC(=O)c2cccc([N+](=O)[O-])c2Cl)cc1. The lowest BCUT2D eigenvalue weighted by Gasteiger charge is -2.07. The number of nitro benzene ring substituents is 1. The lowest BCUT2D eigenvalue weighted by molar-refractivity contribution is -0.384. The summed E-state index contributed by atoms with van der Waals surface area (Å²) in [5.74, 6) is 0.251. The molecule has 2 rings (SSSR count). The molecule has 22 heavy (non-hydrogen) atoms. The first-order valence-corrected chi connectivity index (χ1v) is 6.74. The van der Waals surface area contributed by atoms with Crippen molar-refractivity contribution in [2.75, 3.05) is 7.11 Å². The van der Waals surface area contributed by atoms with Crippen LogP contribution in [0.15, 0.2) is 42.5 Å². The second kappa shape index (κ2) is 6.91. The van der Waals surface area contributed by atoms with Crippen molar-refractivity contribution in [3.05, 3.63) is 68.7 Å². The zero-order valence-corrected chi connectivity index (χ0v) is 12.5. The molecule has 0 radical (unpaired) electrons. The molecule has 0 bridgehead atoms. The minimum Gasteiger partial charge on any atom is -0.497 e. The van der Waals surface area contributed by atoms with Crippen molar-refractivity contribution in [1.82, 2.24) is 5.32 Å². The largest absolute Gasteiger partial charge is 0.497 e. The average Bonchev–Trinajstić information content (AvgIpc) is 2.53. The van der Waals surface area contributed by atoms with Gasteiger partial charge in [0.05, 0.1) is 17.6 Å². The molecule has 0 spiro atoms. The number of ether oxygens (including phenoxy) is 1. The van der Waals surface area contributed by atoms with Crippen molar-refractivity contribution < 1.29 is 14.5 Å². The third-order valence-corrected chi connectivity index (χ3v) is 3.43. The number of carbonyl (C=O) groups excluding carboxylic acids is 1. The molecular weight excluding hydrogens is 308 g/mol. The van der Waals surface area contributed by atoms with Crippen molar-refractivity contribution >= 4 is 23.2 Å². The molecule has 1 N–H and O–H groups in total. The highest BCUT2D eigenvalue weighted by Gasteiger charge is 2.19. The molecule has 0 aliphatic carbocycles. The lowest BCUT2D eigenvalue weighted by Crippen LogP contribution is -2.23. The number of methoxy groups -OCH3 is 1. The summed E-state index contributed by atoms with van der Waals surface area (Å²) in [4.78, 5) is 22.3. The van der Waals surface area contributed by atoms with Gasteiger partial charge in [0.2, 0.25) is 0 Å². The van der Waals surface area contributed by atoms with Gasteiger partial charge in [0, 0.05) is 12.6 Å². The smallest absolute Gasteiger partial charge is 0.288 e. The van der Waals surface area contributed by atoms with Crippen molar-refractivity contribution in [3.63, 3.8) is 0 Å². The standard InChI is InChI=1S/C15H13ClN2O4/c1-22-11-7-5-10(6-8-11)9-17-15(19)12-3-2-4-13(14(12)16)18(20)21/h2-8H,9H2,1H3,(H,17,19). The van der Waals surface area contributed by atoms with Crippen molar-refractivity contribution in [3.8, 4) is 5.75 Å². The Bertz CT molecular complexity index is 701. The highest BCUT2D eigenvalue weighted by Crippen LogP contribution is 2.27. The van der Waals surface area contributed by atoms with Gasteiger partial charge in [-0.2, -0.15) is 0 Å². The van der Waals surface area contributed by atoms with Gasteiger partial charge in [-0.05, 0) is 23.8 Å². The van der Waals surface area contributed by atoms with Crippen LogP contribution in [-0.4, -0.2) is 17.9 Å². The Balaban J connectivity index is 2.09. The number of carbonyl (C=O) groups is 1. The van der Waals surface area contributed by atoms with Gasteiger partial charge in [-0.15, -0.1) is 0 Å². The first kappa shape index (κ1) is 15.8. The molecule has 1 amide bonds. The topological polar surface area (TPSA) is 81.5 Å². The number of nitrogens with zero attached hydrogens (tertiary/aromatic N) is 1. The summed E-state index contributed by atoms with van der Waals surface area (Å²) >= 11 is 5.90. The molecule has 0 unspecified atom stereocenters. The van der Waals surface area contributed by atoms with E-state index in [4.69, 9.17) is 16.3 Å². The Labute approximate surface area is 131 Å². The fourth-order valence-electron chi connectivity index (χ4n) is 1.86. The second-order valence-corrected chi connectivity index (χ2v) is 4.80. The summed E-state index contributed by atoms with van der Waals surface area (Å²) in [6, 6.07) is 11.3. The Kier molecular flexibility index (Phi) is 4.95. The molecule has 0 aliphatic rings. The highest BCUT2D eigenvalue weighted by atomic mass is 35.5. The fraction of sp³-hybridized carbons (Fsp3) is 0.133. The normalized spacial score (nSPS) is 10.1. The van der Waals surface area contributed by atoms with Gasteiger partial charge in [0.25, 0.3) is 11.6 Å². The van der Waals surface area contributed by atoms with E-state index in [0.717, 1.165) is 11.3 Å². The van der Waals surface area contributed by atoms with Gasteiger partial charge < -0.3 is 10.1 Å². The Hall–Kier alpha value is -2.60. The molecule has 0 aliphatic heterocycles. The monoisotopic (exact) mass is 320 g/mol. The zero-order chi connectivity index (χ0) is 16.1. The van der Waals surface area contributed by atoms with Crippen molar-refractivity contribution in [1.29, 1.82) is 0 Å². The van der Waals surface area contributed by atoms with E-state index in [0.29, 0.717) is 0 Å². The van der Waals surface area contributed by atoms with Crippen LogP contribution in [0.5, 0.6) is 5.75 Å². The van der Waals surface area contributed by atoms with Crippen LogP contribution in [0.1, 0.15) is 15.9 Å². The first-order chi connectivity index (χ1) is 10.5. The first-order valence-electron chi connectivity index (χ1n) is 6.37. The van der Waals surface area contributed by atoms with E-state index >= 15 is 0 Å². The van der Waals surface area contributed by atoms with Crippen LogP contribution in [0.3, 0.4) is 0 Å². The van der Waals surface area contributed by atoms with Crippen LogP contribution in [0.4, 0.5) is 5.69 Å². The summed E-state index contributed by atoms with van der Waals surface area (Å²) in [6.45, 7) is 0.280. The van der Waals surface area contributed by atoms with Gasteiger partial charge in [0.15, 0.2) is 0 Å². The summed E-state index contributed by atoms with van der Waals surface area (Å²) in [5, 5.41) is 13.3. The van der Waals surface area contributed by atoms with E-state index in [1.807, 2.05) is 12.1 Å². The quantitative estimate of drug-likeness (QED) is 0.677. The summed E-state index contributed by atoms with van der Waals surface area (Å²) < 4.78 is 5.05. The minimum atomic E-state index is -0.622. The van der Waals surface area contributed by atoms with Crippen LogP contribution in [0.2, 0.25) is 5.02 Å². The van der Waals surface area contributed by atoms with Gasteiger partial charge in [0.1, 0.15) is 10.8 Å². The molecule has 0 saturated heterocycles. The molecular formula is C15H13ClN2O4. The summed E-state index contributed by atoms with van der Waals surface area (Å²) in [7, 11) is 1.57. The van der Waals surface area contributed by atoms with Crippen LogP contribution in [0.25, 0.3) is 0 Å². The van der Waals surface area contributed by atoms with Gasteiger partial charge in [-0.3, -0.25) is 14.9 Å². The molecule has 7 heteroatoms. The molecule has 0 fully saturated rings. The Morgan fingerprint density at radius 1 is 1.27 bits per heavy atom. The van der Waals surface area contributed by atoms with E-state index in [2.05, 4.69) is 5.32 Å². The highest BCUT2D eigenvalue weighted by molar-refractivity contribution is 6.35. The molecule has 0 atom stereocenters. The van der Waals surface area contributed by atoms with Crippen LogP contribution < -0.4 is 10.1 Å². The number of rotatable bonds is 5. The number of amides is 1. The van der Waals surface area contributed by atoms with Gasteiger partial charge in [-0.25, -0.2) is 0 Å². The zero-order valence-electron chi connectivity index (χ0n) is 11.7. The van der Waals surface area contributed by atoms with Crippen LogP contribution >= 0.6 is 11.6 Å². The van der Waals surface area contributed by atoms with E-state index in [1.54, 1.807) is 19.2 Å². The average molecular weight is 321 g/mol. The molecule has 0 heterocycles. The Morgan fingerprint density at radius 2 is 1.95 bits per heavy atom. The third kappa shape index (κ3) is 3.53. The predicted octanol–water partition coefficient (Wildman–Crippen LogP) is 3.19. The van der Waals surface area contributed by atoms with E-state index < -0.39 is 10.8 Å². The third-order valence-electron chi connectivity index (χ3n) is 3.03. The number of benzene rings is 2. The number of nitro groups is 1. The minimum absolute atomic E-state index is 0.0735. The second-order valence-electron chi connectivity index (χ2n) is 4.43. The summed E-state index contributed by atoms with van der Waals surface area (Å²) in [6.07, 6.45) is 0. The van der Waals surface area contributed by atoms with E-state index in [-0.39, 0.29) is 22.8 Å².